The Morgan fingerprint density at radius 3 is 2.34 bits per heavy atom. The fraction of sp³-hybridized carbons (Fsp3) is 0.326. The first-order chi connectivity index (χ1) is 27.3. The molecule has 0 radical (unpaired) electrons. The van der Waals surface area contributed by atoms with E-state index in [1.165, 1.54) is 0 Å². The molecule has 2 saturated heterocycles. The van der Waals surface area contributed by atoms with Crippen molar-refractivity contribution in [2.45, 2.75) is 31.8 Å². The molecule has 1 atom stereocenters. The first-order valence-electron chi connectivity index (χ1n) is 19.1. The van der Waals surface area contributed by atoms with Crippen molar-refractivity contribution in [1.82, 2.24) is 20.0 Å². The molecule has 4 aromatic carbocycles. The lowest BCUT2D eigenvalue weighted by atomic mass is 10.0. The number of anilines is 1. The summed E-state index contributed by atoms with van der Waals surface area (Å²) in [5, 5.41) is 16.7. The number of amides is 3. The van der Waals surface area contributed by atoms with E-state index in [4.69, 9.17) is 14.2 Å². The predicted molar refractivity (Wildman–Crippen MR) is 216 cm³/mol. The molecule has 12 nitrogen and oxygen atoms in total. The molecule has 0 bridgehead atoms. The zero-order valence-corrected chi connectivity index (χ0v) is 32.1. The standard InChI is InChI=1S/C43H45N5O7S/c1-53-34-12-14-36-38(26-34)56-41(28-3-6-31(49)7-4-28)40(36)55-33-10-8-32(9-11-33)54-24-23-47-21-19-46(20-22-47)18-2-17-44-30-5-13-35-29(25-30)27-48(43(35)52)37-15-16-39(50)45-42(37)51/h3-14,25-26,37,44,49H,2,15-24,27H2,1H3,(H,45,50,51). The van der Waals surface area contributed by atoms with Gasteiger partial charge < -0.3 is 34.4 Å². The van der Waals surface area contributed by atoms with Crippen molar-refractivity contribution < 1.29 is 33.7 Å². The van der Waals surface area contributed by atoms with Crippen LogP contribution in [0.25, 0.3) is 20.5 Å². The summed E-state index contributed by atoms with van der Waals surface area (Å²) in [6, 6.07) is 26.0. The summed E-state index contributed by atoms with van der Waals surface area (Å²) < 4.78 is 19.1. The van der Waals surface area contributed by atoms with E-state index in [1.807, 2.05) is 72.8 Å². The number of piperazine rings is 1. The molecule has 0 spiro atoms. The van der Waals surface area contributed by atoms with E-state index in [-0.39, 0.29) is 24.0 Å². The molecule has 56 heavy (non-hydrogen) atoms. The van der Waals surface area contributed by atoms with Gasteiger partial charge in [0.1, 0.15) is 35.6 Å². The highest BCUT2D eigenvalue weighted by atomic mass is 32.1. The van der Waals surface area contributed by atoms with E-state index in [1.54, 1.807) is 35.5 Å². The summed E-state index contributed by atoms with van der Waals surface area (Å²) in [4.78, 5) is 44.4. The minimum atomic E-state index is -0.602. The van der Waals surface area contributed by atoms with Crippen LogP contribution in [0, 0.1) is 0 Å². The van der Waals surface area contributed by atoms with Crippen molar-refractivity contribution in [1.29, 1.82) is 0 Å². The molecule has 13 heteroatoms. The molecule has 0 aliphatic carbocycles. The number of nitrogens with one attached hydrogen (secondary N) is 2. The highest BCUT2D eigenvalue weighted by molar-refractivity contribution is 7.22. The maximum atomic E-state index is 13.0. The van der Waals surface area contributed by atoms with E-state index >= 15 is 0 Å². The van der Waals surface area contributed by atoms with Gasteiger partial charge in [-0.1, -0.05) is 0 Å². The van der Waals surface area contributed by atoms with Crippen molar-refractivity contribution in [3.8, 4) is 39.2 Å². The number of benzene rings is 4. The Bertz CT molecular complexity index is 2220. The molecule has 3 N–H and O–H groups in total. The lowest BCUT2D eigenvalue weighted by Crippen LogP contribution is -2.52. The highest BCUT2D eigenvalue weighted by Gasteiger charge is 2.39. The molecule has 2 fully saturated rings. The number of phenolic OH excluding ortho intramolecular Hbond substituents is 1. The third kappa shape index (κ3) is 8.30. The first-order valence-corrected chi connectivity index (χ1v) is 19.9. The van der Waals surface area contributed by atoms with Gasteiger partial charge in [0.05, 0.1) is 12.0 Å². The lowest BCUT2D eigenvalue weighted by Gasteiger charge is -2.34. The molecule has 1 unspecified atom stereocenters. The van der Waals surface area contributed by atoms with Crippen LogP contribution in [0.3, 0.4) is 0 Å². The van der Waals surface area contributed by atoms with Gasteiger partial charge in [-0.05, 0) is 115 Å². The molecule has 3 aliphatic heterocycles. The Hall–Kier alpha value is -5.63. The van der Waals surface area contributed by atoms with Gasteiger partial charge in [-0.3, -0.25) is 24.6 Å². The normalized spacial score (nSPS) is 17.6. The molecule has 5 aromatic rings. The number of nitrogens with zero attached hydrogens (tertiary/aromatic N) is 3. The second-order valence-electron chi connectivity index (χ2n) is 14.3. The monoisotopic (exact) mass is 775 g/mol. The summed E-state index contributed by atoms with van der Waals surface area (Å²) >= 11 is 1.62. The number of imide groups is 1. The molecule has 4 heterocycles. The van der Waals surface area contributed by atoms with Crippen LogP contribution in [0.5, 0.6) is 28.7 Å². The summed E-state index contributed by atoms with van der Waals surface area (Å²) in [6.45, 7) is 7.68. The average molecular weight is 776 g/mol. The van der Waals surface area contributed by atoms with Gasteiger partial charge in [-0.25, -0.2) is 0 Å². The van der Waals surface area contributed by atoms with Gasteiger partial charge in [-0.15, -0.1) is 11.3 Å². The van der Waals surface area contributed by atoms with E-state index in [9.17, 15) is 19.5 Å². The van der Waals surface area contributed by atoms with Gasteiger partial charge >= 0.3 is 0 Å². The van der Waals surface area contributed by atoms with Gasteiger partial charge in [0, 0.05) is 73.6 Å². The van der Waals surface area contributed by atoms with Crippen molar-refractivity contribution in [2.24, 2.45) is 0 Å². The Morgan fingerprint density at radius 2 is 1.59 bits per heavy atom. The zero-order valence-electron chi connectivity index (χ0n) is 31.3. The minimum Gasteiger partial charge on any atom is -0.508 e. The van der Waals surface area contributed by atoms with Gasteiger partial charge in [-0.2, -0.15) is 0 Å². The summed E-state index contributed by atoms with van der Waals surface area (Å²) in [6.07, 6.45) is 1.61. The van der Waals surface area contributed by atoms with Crippen LogP contribution in [-0.2, 0) is 16.1 Å². The van der Waals surface area contributed by atoms with E-state index in [0.29, 0.717) is 30.9 Å². The van der Waals surface area contributed by atoms with Gasteiger partial charge in [0.2, 0.25) is 11.8 Å². The fourth-order valence-corrected chi connectivity index (χ4v) is 8.72. The minimum absolute atomic E-state index is 0.153. The number of ether oxygens (including phenoxy) is 3. The number of rotatable bonds is 14. The maximum Gasteiger partial charge on any atom is 0.255 e. The van der Waals surface area contributed by atoms with Crippen LogP contribution in [0.2, 0.25) is 0 Å². The Labute approximate surface area is 329 Å². The van der Waals surface area contributed by atoms with E-state index < -0.39 is 11.9 Å². The number of phenols is 1. The number of hydrogen-bond acceptors (Lipinski definition) is 11. The van der Waals surface area contributed by atoms with Crippen LogP contribution in [0.1, 0.15) is 35.2 Å². The number of methoxy groups -OCH3 is 1. The Kier molecular flexibility index (Phi) is 11.1. The predicted octanol–water partition coefficient (Wildman–Crippen LogP) is 6.33. The Morgan fingerprint density at radius 1 is 0.857 bits per heavy atom. The number of aromatic hydroxyl groups is 1. The molecular formula is C43H45N5O7S. The summed E-state index contributed by atoms with van der Waals surface area (Å²) in [7, 11) is 1.66. The number of thiophene rings is 1. The lowest BCUT2D eigenvalue weighted by molar-refractivity contribution is -0.136. The molecular weight excluding hydrogens is 731 g/mol. The number of carbonyl (C=O) groups is 3. The average Bonchev–Trinajstić information content (AvgIpc) is 3.73. The fourth-order valence-electron chi connectivity index (χ4n) is 7.56. The third-order valence-electron chi connectivity index (χ3n) is 10.7. The van der Waals surface area contributed by atoms with Gasteiger partial charge in [0.15, 0.2) is 5.75 Å². The second kappa shape index (κ2) is 16.6. The second-order valence-corrected chi connectivity index (χ2v) is 15.4. The summed E-state index contributed by atoms with van der Waals surface area (Å²) in [5.74, 6) is 2.45. The third-order valence-corrected chi connectivity index (χ3v) is 11.9. The van der Waals surface area contributed by atoms with E-state index in [0.717, 1.165) is 101 Å². The van der Waals surface area contributed by atoms with Crippen LogP contribution in [0.15, 0.2) is 84.9 Å². The smallest absolute Gasteiger partial charge is 0.255 e. The van der Waals surface area contributed by atoms with Crippen molar-refractivity contribution >= 4 is 44.8 Å². The number of carbonyl (C=O) groups excluding carboxylic acids is 3. The SMILES string of the molecule is COc1ccc2c(Oc3ccc(OCCN4CCN(CCCNc5ccc6c(c5)CN(C5CCC(=O)NC5=O)C6=O)CC4)cc3)c(-c3ccc(O)cc3)sc2c1. The molecule has 290 valence electrons. The van der Waals surface area contributed by atoms with Crippen LogP contribution in [-0.4, -0.2) is 103 Å². The molecule has 1 aromatic heterocycles. The summed E-state index contributed by atoms with van der Waals surface area (Å²) in [5.41, 5.74) is 3.46. The molecule has 8 rings (SSSR count). The maximum absolute atomic E-state index is 13.0. The van der Waals surface area contributed by atoms with Crippen molar-refractivity contribution in [3.63, 3.8) is 0 Å². The van der Waals surface area contributed by atoms with Crippen molar-refractivity contribution in [3.05, 3.63) is 96.1 Å². The van der Waals surface area contributed by atoms with Crippen LogP contribution in [0.4, 0.5) is 5.69 Å². The highest BCUT2D eigenvalue weighted by Crippen LogP contribution is 2.47. The number of hydrogen-bond donors (Lipinski definition) is 3. The number of fused-ring (bicyclic) bond motifs is 2. The zero-order chi connectivity index (χ0) is 38.6. The molecule has 3 amide bonds. The number of piperidine rings is 1. The van der Waals surface area contributed by atoms with Crippen LogP contribution < -0.4 is 24.8 Å². The molecule has 0 saturated carbocycles. The first kappa shape index (κ1) is 37.3. The molecule has 3 aliphatic rings. The van der Waals surface area contributed by atoms with Crippen molar-refractivity contribution in [2.75, 3.05) is 64.8 Å². The Balaban J connectivity index is 0.754. The quantitative estimate of drug-likeness (QED) is 0.0868. The van der Waals surface area contributed by atoms with Gasteiger partial charge in [0.25, 0.3) is 5.91 Å². The van der Waals surface area contributed by atoms with Crippen LogP contribution >= 0.6 is 11.3 Å². The topological polar surface area (TPSA) is 133 Å². The largest absolute Gasteiger partial charge is 0.508 e. The van der Waals surface area contributed by atoms with E-state index in [2.05, 4.69) is 20.4 Å².